The van der Waals surface area contributed by atoms with Crippen LogP contribution < -0.4 is 10.0 Å². The predicted molar refractivity (Wildman–Crippen MR) is 113 cm³/mol. The quantitative estimate of drug-likeness (QED) is 0.539. The summed E-state index contributed by atoms with van der Waals surface area (Å²) in [5, 5.41) is 2.92. The second-order valence-corrected chi connectivity index (χ2v) is 8.70. The van der Waals surface area contributed by atoms with Gasteiger partial charge in [0.05, 0.1) is 11.5 Å². The molecule has 0 saturated carbocycles. The fourth-order valence-electron chi connectivity index (χ4n) is 2.80. The van der Waals surface area contributed by atoms with Gasteiger partial charge in [-0.2, -0.15) is 0 Å². The van der Waals surface area contributed by atoms with E-state index in [-0.39, 0.29) is 30.0 Å². The Balaban J connectivity index is 2.02. The molecule has 0 heterocycles. The molecule has 0 fully saturated rings. The number of amides is 1. The molecule has 8 heteroatoms. The second kappa shape index (κ2) is 11.1. The molecular formula is C21H29N3O4S. The highest BCUT2D eigenvalue weighted by Gasteiger charge is 2.18. The van der Waals surface area contributed by atoms with Crippen LogP contribution in [-0.2, 0) is 21.2 Å². The van der Waals surface area contributed by atoms with E-state index in [4.69, 9.17) is 4.74 Å². The van der Waals surface area contributed by atoms with Gasteiger partial charge in [0.2, 0.25) is 10.0 Å². The van der Waals surface area contributed by atoms with Crippen molar-refractivity contribution < 1.29 is 17.9 Å². The molecule has 158 valence electrons. The molecule has 29 heavy (non-hydrogen) atoms. The average molecular weight is 420 g/mol. The zero-order valence-electron chi connectivity index (χ0n) is 17.1. The van der Waals surface area contributed by atoms with E-state index in [2.05, 4.69) is 27.1 Å². The number of rotatable bonds is 11. The number of nitrogens with zero attached hydrogens (tertiary/aromatic N) is 1. The van der Waals surface area contributed by atoms with Crippen molar-refractivity contribution in [2.75, 3.05) is 40.9 Å². The fraction of sp³-hybridized carbons (Fsp3) is 0.381. The highest BCUT2D eigenvalue weighted by molar-refractivity contribution is 7.89. The number of methoxy groups -OCH3 is 1. The van der Waals surface area contributed by atoms with Crippen molar-refractivity contribution in [3.63, 3.8) is 0 Å². The van der Waals surface area contributed by atoms with Crippen LogP contribution in [0.3, 0.4) is 0 Å². The molecule has 0 aliphatic heterocycles. The summed E-state index contributed by atoms with van der Waals surface area (Å²) in [6.45, 7) is 0.885. The van der Waals surface area contributed by atoms with Gasteiger partial charge in [0.15, 0.2) is 0 Å². The normalized spacial score (nSPS) is 12.7. The highest BCUT2D eigenvalue weighted by atomic mass is 32.2. The summed E-state index contributed by atoms with van der Waals surface area (Å²) in [5.41, 5.74) is 1.49. The number of hydrogen-bond donors (Lipinski definition) is 2. The molecule has 0 bridgehead atoms. The van der Waals surface area contributed by atoms with Crippen molar-refractivity contribution in [2.24, 2.45) is 0 Å². The van der Waals surface area contributed by atoms with Crippen LogP contribution in [0.25, 0.3) is 0 Å². The van der Waals surface area contributed by atoms with Crippen LogP contribution in [0.1, 0.15) is 15.9 Å². The van der Waals surface area contributed by atoms with E-state index >= 15 is 0 Å². The summed E-state index contributed by atoms with van der Waals surface area (Å²) in [4.78, 5) is 14.7. The molecule has 1 amide bonds. The maximum absolute atomic E-state index is 12.6. The molecule has 7 nitrogen and oxygen atoms in total. The first-order chi connectivity index (χ1) is 13.8. The maximum atomic E-state index is 12.6. The summed E-state index contributed by atoms with van der Waals surface area (Å²) < 4.78 is 32.0. The summed E-state index contributed by atoms with van der Waals surface area (Å²) in [6.07, 6.45) is 0.798. The Morgan fingerprint density at radius 3 is 2.48 bits per heavy atom. The Labute approximate surface area is 173 Å². The lowest BCUT2D eigenvalue weighted by molar-refractivity contribution is 0.0941. The van der Waals surface area contributed by atoms with Gasteiger partial charge in [0, 0.05) is 31.8 Å². The van der Waals surface area contributed by atoms with Gasteiger partial charge in [0.1, 0.15) is 0 Å². The van der Waals surface area contributed by atoms with Gasteiger partial charge < -0.3 is 15.0 Å². The number of sulfonamides is 1. The lowest BCUT2D eigenvalue weighted by Gasteiger charge is -2.25. The van der Waals surface area contributed by atoms with Crippen LogP contribution in [-0.4, -0.2) is 66.2 Å². The van der Waals surface area contributed by atoms with Crippen LogP contribution in [0.5, 0.6) is 0 Å². The van der Waals surface area contributed by atoms with Crippen molar-refractivity contribution in [1.82, 2.24) is 14.9 Å². The van der Waals surface area contributed by atoms with E-state index in [0.717, 1.165) is 6.42 Å². The molecule has 0 aliphatic carbocycles. The van der Waals surface area contributed by atoms with E-state index in [1.165, 1.54) is 24.8 Å². The Bertz CT molecular complexity index is 886. The number of carbonyl (C=O) groups excluding carboxylic acids is 1. The molecule has 0 saturated heterocycles. The Hall–Kier alpha value is -2.26. The molecule has 2 aromatic carbocycles. The minimum Gasteiger partial charge on any atom is -0.383 e. The first-order valence-corrected chi connectivity index (χ1v) is 10.9. The van der Waals surface area contributed by atoms with Crippen molar-refractivity contribution >= 4 is 15.9 Å². The van der Waals surface area contributed by atoms with Gasteiger partial charge in [-0.15, -0.1) is 0 Å². The first kappa shape index (κ1) is 23.0. The van der Waals surface area contributed by atoms with E-state index in [9.17, 15) is 13.2 Å². The third kappa shape index (κ3) is 7.25. The highest BCUT2D eigenvalue weighted by Crippen LogP contribution is 2.12. The molecule has 0 aliphatic rings. The predicted octanol–water partition coefficient (Wildman–Crippen LogP) is 1.51. The smallest absolute Gasteiger partial charge is 0.251 e. The topological polar surface area (TPSA) is 87.7 Å². The Kier molecular flexibility index (Phi) is 8.78. The van der Waals surface area contributed by atoms with Gasteiger partial charge in [-0.05, 0) is 44.3 Å². The summed E-state index contributed by atoms with van der Waals surface area (Å²) >= 11 is 0. The van der Waals surface area contributed by atoms with Crippen LogP contribution in [0.4, 0.5) is 0 Å². The number of likely N-dealkylation sites (N-methyl/N-ethyl adjacent to an activating group) is 1. The molecule has 0 radical (unpaired) electrons. The summed E-state index contributed by atoms with van der Waals surface area (Å²) in [6, 6.07) is 16.2. The Morgan fingerprint density at radius 1 is 1.10 bits per heavy atom. The fourth-order valence-corrected chi connectivity index (χ4v) is 3.86. The van der Waals surface area contributed by atoms with Crippen LogP contribution >= 0.6 is 0 Å². The van der Waals surface area contributed by atoms with Crippen LogP contribution in [0.15, 0.2) is 59.5 Å². The van der Waals surface area contributed by atoms with Gasteiger partial charge >= 0.3 is 0 Å². The van der Waals surface area contributed by atoms with Gasteiger partial charge in [-0.1, -0.05) is 36.4 Å². The SMILES string of the molecule is COCCNS(=O)(=O)c1cccc(C(=O)NCC(Cc2ccccc2)N(C)C)c1. The lowest BCUT2D eigenvalue weighted by Crippen LogP contribution is -2.41. The van der Waals surface area contributed by atoms with Crippen LogP contribution in [0, 0.1) is 0 Å². The minimum absolute atomic E-state index is 0.0506. The van der Waals surface area contributed by atoms with E-state index in [1.54, 1.807) is 12.1 Å². The molecule has 0 spiro atoms. The number of carbonyl (C=O) groups is 1. The molecule has 2 rings (SSSR count). The average Bonchev–Trinajstić information content (AvgIpc) is 2.71. The van der Waals surface area contributed by atoms with Gasteiger partial charge in [-0.3, -0.25) is 4.79 Å². The standard InChI is InChI=1S/C21H29N3O4S/c1-24(2)19(14-17-8-5-4-6-9-17)16-22-21(25)18-10-7-11-20(15-18)29(26,27)23-12-13-28-3/h4-11,15,19,23H,12-14,16H2,1-3H3,(H,22,25). The molecule has 0 aromatic heterocycles. The minimum atomic E-state index is -3.69. The molecule has 1 atom stereocenters. The number of ether oxygens (including phenoxy) is 1. The van der Waals surface area contributed by atoms with E-state index in [1.807, 2.05) is 32.3 Å². The number of benzene rings is 2. The Morgan fingerprint density at radius 2 is 1.83 bits per heavy atom. The number of nitrogens with one attached hydrogen (secondary N) is 2. The van der Waals surface area contributed by atoms with Crippen molar-refractivity contribution in [1.29, 1.82) is 0 Å². The third-order valence-corrected chi connectivity index (χ3v) is 6.01. The van der Waals surface area contributed by atoms with E-state index in [0.29, 0.717) is 12.1 Å². The molecule has 1 unspecified atom stereocenters. The molecule has 2 N–H and O–H groups in total. The largest absolute Gasteiger partial charge is 0.383 e. The van der Waals surface area contributed by atoms with Crippen molar-refractivity contribution in [3.05, 3.63) is 65.7 Å². The van der Waals surface area contributed by atoms with E-state index < -0.39 is 10.0 Å². The molecular weight excluding hydrogens is 390 g/mol. The van der Waals surface area contributed by atoms with Gasteiger partial charge in [-0.25, -0.2) is 13.1 Å². The first-order valence-electron chi connectivity index (χ1n) is 9.40. The molecule has 2 aromatic rings. The van der Waals surface area contributed by atoms with Crippen molar-refractivity contribution in [3.8, 4) is 0 Å². The lowest BCUT2D eigenvalue weighted by atomic mass is 10.1. The third-order valence-electron chi connectivity index (χ3n) is 4.55. The second-order valence-electron chi connectivity index (χ2n) is 6.94. The van der Waals surface area contributed by atoms with Crippen molar-refractivity contribution in [2.45, 2.75) is 17.4 Å². The number of hydrogen-bond acceptors (Lipinski definition) is 5. The zero-order chi connectivity index (χ0) is 21.3. The van der Waals surface area contributed by atoms with Gasteiger partial charge in [0.25, 0.3) is 5.91 Å². The summed E-state index contributed by atoms with van der Waals surface area (Å²) in [7, 11) is 1.75. The maximum Gasteiger partial charge on any atom is 0.251 e. The monoisotopic (exact) mass is 419 g/mol. The zero-order valence-corrected chi connectivity index (χ0v) is 17.9. The van der Waals surface area contributed by atoms with Crippen LogP contribution in [0.2, 0.25) is 0 Å². The summed E-state index contributed by atoms with van der Waals surface area (Å²) in [5.74, 6) is -0.307.